The highest BCUT2D eigenvalue weighted by Crippen LogP contribution is 2.29. The second-order valence-corrected chi connectivity index (χ2v) is 7.40. The van der Waals surface area contributed by atoms with E-state index in [0.29, 0.717) is 19.0 Å². The number of amides is 1. The molecule has 5 nitrogen and oxygen atoms in total. The molecular formula is C22H25FN4O. The molecule has 1 amide bonds. The van der Waals surface area contributed by atoms with Crippen molar-refractivity contribution in [3.63, 3.8) is 0 Å². The molecular weight excluding hydrogens is 355 g/mol. The number of carbonyl (C=O) groups is 1. The normalized spacial score (nSPS) is 15.2. The Kier molecular flexibility index (Phi) is 5.30. The molecule has 1 aliphatic rings. The van der Waals surface area contributed by atoms with Gasteiger partial charge in [-0.1, -0.05) is 12.1 Å². The average molecular weight is 380 g/mol. The molecule has 1 fully saturated rings. The van der Waals surface area contributed by atoms with Gasteiger partial charge < -0.3 is 20.9 Å². The van der Waals surface area contributed by atoms with E-state index in [0.717, 1.165) is 48.1 Å². The summed E-state index contributed by atoms with van der Waals surface area (Å²) in [5, 5.41) is 4.30. The highest BCUT2D eigenvalue weighted by molar-refractivity contribution is 5.86. The van der Waals surface area contributed by atoms with Crippen molar-refractivity contribution in [1.82, 2.24) is 10.3 Å². The lowest BCUT2D eigenvalue weighted by Gasteiger charge is -2.34. The molecule has 2 aromatic carbocycles. The number of rotatable bonds is 6. The van der Waals surface area contributed by atoms with Crippen LogP contribution in [0.25, 0.3) is 22.2 Å². The van der Waals surface area contributed by atoms with Crippen LogP contribution in [0.1, 0.15) is 19.3 Å². The molecule has 3 aromatic rings. The molecule has 0 aliphatic carbocycles. The number of aromatic nitrogens is 1. The van der Waals surface area contributed by atoms with Crippen LogP contribution in [-0.2, 0) is 4.79 Å². The number of carbonyl (C=O) groups excluding carboxylic acids is 1. The van der Waals surface area contributed by atoms with Gasteiger partial charge in [0.15, 0.2) is 0 Å². The lowest BCUT2D eigenvalue weighted by Crippen LogP contribution is -2.43. The van der Waals surface area contributed by atoms with Crippen molar-refractivity contribution in [2.75, 3.05) is 24.5 Å². The third-order valence-electron chi connectivity index (χ3n) is 5.40. The zero-order valence-corrected chi connectivity index (χ0v) is 15.7. The number of H-pyrrole nitrogens is 1. The Morgan fingerprint density at radius 2 is 2.00 bits per heavy atom. The second-order valence-electron chi connectivity index (χ2n) is 7.40. The Morgan fingerprint density at radius 3 is 2.79 bits per heavy atom. The van der Waals surface area contributed by atoms with E-state index in [1.54, 1.807) is 12.1 Å². The van der Waals surface area contributed by atoms with Crippen LogP contribution >= 0.6 is 0 Å². The molecule has 1 aliphatic heterocycles. The van der Waals surface area contributed by atoms with E-state index in [2.05, 4.69) is 39.5 Å². The molecule has 146 valence electrons. The van der Waals surface area contributed by atoms with Crippen molar-refractivity contribution in [3.05, 3.63) is 54.3 Å². The summed E-state index contributed by atoms with van der Waals surface area (Å²) in [5.41, 5.74) is 9.40. The standard InChI is InChI=1S/C22H25FN4O/c23-17-4-5-20-16(12-17)14-21(26-20)15-2-1-3-19(13-15)27-10-7-18(8-11-27)25-9-6-22(24)28/h1-5,12-14,18,25-26H,6-11H2,(H2,24,28). The van der Waals surface area contributed by atoms with E-state index < -0.39 is 0 Å². The van der Waals surface area contributed by atoms with Crippen molar-refractivity contribution in [2.24, 2.45) is 5.73 Å². The van der Waals surface area contributed by atoms with Gasteiger partial charge in [0.25, 0.3) is 0 Å². The van der Waals surface area contributed by atoms with E-state index >= 15 is 0 Å². The smallest absolute Gasteiger partial charge is 0.218 e. The Labute approximate surface area is 163 Å². The number of hydrogen-bond acceptors (Lipinski definition) is 3. The van der Waals surface area contributed by atoms with Gasteiger partial charge in [-0.25, -0.2) is 4.39 Å². The Bertz CT molecular complexity index is 976. The molecule has 1 aromatic heterocycles. The third-order valence-corrected chi connectivity index (χ3v) is 5.40. The number of hydrogen-bond donors (Lipinski definition) is 3. The molecule has 2 heterocycles. The first-order chi connectivity index (χ1) is 13.6. The lowest BCUT2D eigenvalue weighted by molar-refractivity contribution is -0.117. The largest absolute Gasteiger partial charge is 0.371 e. The Hall–Kier alpha value is -2.86. The van der Waals surface area contributed by atoms with E-state index in [1.807, 2.05) is 6.07 Å². The first kappa shape index (κ1) is 18.5. The van der Waals surface area contributed by atoms with Crippen LogP contribution in [-0.4, -0.2) is 36.6 Å². The minimum atomic E-state index is -0.263. The van der Waals surface area contributed by atoms with E-state index in [4.69, 9.17) is 5.73 Å². The number of piperidine rings is 1. The summed E-state index contributed by atoms with van der Waals surface area (Å²) in [4.78, 5) is 16.6. The first-order valence-corrected chi connectivity index (χ1v) is 9.74. The fourth-order valence-corrected chi connectivity index (χ4v) is 3.87. The summed E-state index contributed by atoms with van der Waals surface area (Å²) < 4.78 is 13.5. The molecule has 1 saturated heterocycles. The minimum absolute atomic E-state index is 0.223. The number of nitrogens with two attached hydrogens (primary N) is 1. The molecule has 4 rings (SSSR count). The number of nitrogens with one attached hydrogen (secondary N) is 2. The Morgan fingerprint density at radius 1 is 1.18 bits per heavy atom. The summed E-state index contributed by atoms with van der Waals surface area (Å²) in [7, 11) is 0. The second kappa shape index (κ2) is 8.02. The van der Waals surface area contributed by atoms with Gasteiger partial charge in [0, 0.05) is 54.4 Å². The average Bonchev–Trinajstić information content (AvgIpc) is 3.12. The fraction of sp³-hybridized carbons (Fsp3) is 0.318. The topological polar surface area (TPSA) is 74.2 Å². The first-order valence-electron chi connectivity index (χ1n) is 9.74. The molecule has 0 atom stereocenters. The number of aromatic amines is 1. The van der Waals surface area contributed by atoms with Gasteiger partial charge in [-0.2, -0.15) is 0 Å². The maximum atomic E-state index is 13.5. The van der Waals surface area contributed by atoms with Crippen molar-refractivity contribution >= 4 is 22.5 Å². The SMILES string of the molecule is NC(=O)CCNC1CCN(c2cccc(-c3cc4cc(F)ccc4[nH]3)c2)CC1. The monoisotopic (exact) mass is 380 g/mol. The van der Waals surface area contributed by atoms with Gasteiger partial charge in [0.2, 0.25) is 5.91 Å². The van der Waals surface area contributed by atoms with Gasteiger partial charge in [-0.15, -0.1) is 0 Å². The number of halogens is 1. The molecule has 0 unspecified atom stereocenters. The van der Waals surface area contributed by atoms with Crippen molar-refractivity contribution in [3.8, 4) is 11.3 Å². The molecule has 28 heavy (non-hydrogen) atoms. The lowest BCUT2D eigenvalue weighted by atomic mass is 10.0. The predicted molar refractivity (Wildman–Crippen MR) is 111 cm³/mol. The van der Waals surface area contributed by atoms with Crippen molar-refractivity contribution in [1.29, 1.82) is 0 Å². The number of anilines is 1. The van der Waals surface area contributed by atoms with Gasteiger partial charge >= 0.3 is 0 Å². The quantitative estimate of drug-likeness (QED) is 0.614. The van der Waals surface area contributed by atoms with Gasteiger partial charge in [0.05, 0.1) is 0 Å². The van der Waals surface area contributed by atoms with Crippen LogP contribution in [0.3, 0.4) is 0 Å². The number of benzene rings is 2. The maximum absolute atomic E-state index is 13.5. The fourth-order valence-electron chi connectivity index (χ4n) is 3.87. The number of fused-ring (bicyclic) bond motifs is 1. The van der Waals surface area contributed by atoms with E-state index in [9.17, 15) is 9.18 Å². The van der Waals surface area contributed by atoms with Crippen LogP contribution in [0.2, 0.25) is 0 Å². The number of nitrogens with zero attached hydrogens (tertiary/aromatic N) is 1. The van der Waals surface area contributed by atoms with Crippen LogP contribution in [0.15, 0.2) is 48.5 Å². The Balaban J connectivity index is 1.43. The van der Waals surface area contributed by atoms with Crippen LogP contribution < -0.4 is 16.0 Å². The zero-order chi connectivity index (χ0) is 19.5. The molecule has 0 bridgehead atoms. The maximum Gasteiger partial charge on any atom is 0.218 e. The summed E-state index contributed by atoms with van der Waals surface area (Å²) in [5.74, 6) is -0.486. The summed E-state index contributed by atoms with van der Waals surface area (Å²) >= 11 is 0. The summed E-state index contributed by atoms with van der Waals surface area (Å²) in [6.07, 6.45) is 2.46. The van der Waals surface area contributed by atoms with Gasteiger partial charge in [0.1, 0.15) is 5.82 Å². The minimum Gasteiger partial charge on any atom is -0.371 e. The molecule has 4 N–H and O–H groups in total. The molecule has 0 saturated carbocycles. The molecule has 0 radical (unpaired) electrons. The highest BCUT2D eigenvalue weighted by Gasteiger charge is 2.19. The number of primary amides is 1. The van der Waals surface area contributed by atoms with E-state index in [1.165, 1.54) is 11.8 Å². The molecule has 0 spiro atoms. The van der Waals surface area contributed by atoms with Crippen LogP contribution in [0, 0.1) is 5.82 Å². The van der Waals surface area contributed by atoms with E-state index in [-0.39, 0.29) is 11.7 Å². The van der Waals surface area contributed by atoms with Crippen LogP contribution in [0.4, 0.5) is 10.1 Å². The van der Waals surface area contributed by atoms with Gasteiger partial charge in [-0.3, -0.25) is 4.79 Å². The predicted octanol–water partition coefficient (Wildman–Crippen LogP) is 3.41. The zero-order valence-electron chi connectivity index (χ0n) is 15.7. The van der Waals surface area contributed by atoms with Gasteiger partial charge in [-0.05, 0) is 54.8 Å². The summed E-state index contributed by atoms with van der Waals surface area (Å²) in [6.45, 7) is 2.58. The van der Waals surface area contributed by atoms with Crippen molar-refractivity contribution < 1.29 is 9.18 Å². The molecule has 6 heteroatoms. The summed E-state index contributed by atoms with van der Waals surface area (Å²) in [6, 6.07) is 15.7. The third kappa shape index (κ3) is 4.17. The van der Waals surface area contributed by atoms with Crippen LogP contribution in [0.5, 0.6) is 0 Å². The highest BCUT2D eigenvalue weighted by atomic mass is 19.1. The van der Waals surface area contributed by atoms with Crippen molar-refractivity contribution in [2.45, 2.75) is 25.3 Å².